The number of imide groups is 1. The molecule has 1 aromatic rings. The summed E-state index contributed by atoms with van der Waals surface area (Å²) in [5.41, 5.74) is 0.746. The number of phosphoric ester groups is 1. The Balaban J connectivity index is 2.42. The third kappa shape index (κ3) is 3.01. The first kappa shape index (κ1) is 17.2. The predicted octanol–water partition coefficient (Wildman–Crippen LogP) is 2.11. The van der Waals surface area contributed by atoms with E-state index in [0.717, 1.165) is 19.1 Å². The van der Waals surface area contributed by atoms with E-state index in [0.29, 0.717) is 11.1 Å². The van der Waals surface area contributed by atoms with Gasteiger partial charge in [-0.05, 0) is 19.1 Å². The second-order valence-corrected chi connectivity index (χ2v) is 6.37. The lowest BCUT2D eigenvalue weighted by molar-refractivity contribution is 0.0691. The number of hydrogen-bond acceptors (Lipinski definition) is 7. The van der Waals surface area contributed by atoms with Gasteiger partial charge in [-0.25, -0.2) is 9.46 Å². The topological polar surface area (TPSA) is 94.2 Å². The Kier molecular flexibility index (Phi) is 4.89. The molecule has 0 atom stereocenters. The van der Waals surface area contributed by atoms with Gasteiger partial charge in [-0.1, -0.05) is 12.1 Å². The first-order valence-electron chi connectivity index (χ1n) is 6.66. The Morgan fingerprint density at radius 2 is 1.57 bits per heavy atom. The Morgan fingerprint density at radius 3 is 1.96 bits per heavy atom. The van der Waals surface area contributed by atoms with Crippen LogP contribution >= 0.6 is 7.82 Å². The number of allylic oxidation sites excluding steroid dienone is 1. The largest absolute Gasteiger partial charge is 0.530 e. The van der Waals surface area contributed by atoms with Gasteiger partial charge in [0.05, 0.1) is 16.8 Å². The van der Waals surface area contributed by atoms with Crippen molar-refractivity contribution in [3.63, 3.8) is 0 Å². The Morgan fingerprint density at radius 1 is 1.09 bits per heavy atom. The molecule has 1 aliphatic rings. The van der Waals surface area contributed by atoms with Gasteiger partial charge in [0.1, 0.15) is 0 Å². The van der Waals surface area contributed by atoms with Crippen LogP contribution in [0.15, 0.2) is 35.8 Å². The molecule has 9 heteroatoms. The van der Waals surface area contributed by atoms with Crippen LogP contribution in [0.2, 0.25) is 0 Å². The van der Waals surface area contributed by atoms with Crippen LogP contribution in [0.1, 0.15) is 27.6 Å². The highest BCUT2D eigenvalue weighted by molar-refractivity contribution is 7.48. The summed E-state index contributed by atoms with van der Waals surface area (Å²) in [5, 5.41) is 2.65. The number of hydrogen-bond donors (Lipinski definition) is 1. The molecule has 0 saturated heterocycles. The van der Waals surface area contributed by atoms with E-state index in [1.807, 2.05) is 0 Å². The van der Waals surface area contributed by atoms with Gasteiger partial charge in [0, 0.05) is 21.3 Å². The first-order valence-corrected chi connectivity index (χ1v) is 8.12. The molecule has 0 unspecified atom stereocenters. The lowest BCUT2D eigenvalue weighted by Crippen LogP contribution is -2.31. The third-order valence-corrected chi connectivity index (χ3v) is 4.64. The molecule has 1 aromatic carbocycles. The second-order valence-electron chi connectivity index (χ2n) is 4.56. The molecule has 1 heterocycles. The average Bonchev–Trinajstić information content (AvgIpc) is 2.83. The summed E-state index contributed by atoms with van der Waals surface area (Å²) < 4.78 is 26.7. The van der Waals surface area contributed by atoms with Gasteiger partial charge in [0.2, 0.25) is 5.88 Å². The molecule has 1 aliphatic heterocycles. The highest BCUT2D eigenvalue weighted by Gasteiger charge is 2.38. The minimum Gasteiger partial charge on any atom is -0.386 e. The lowest BCUT2D eigenvalue weighted by Gasteiger charge is -2.21. The average molecular weight is 340 g/mol. The van der Waals surface area contributed by atoms with Crippen LogP contribution in [0.25, 0.3) is 0 Å². The Bertz CT molecular complexity index is 687. The zero-order valence-corrected chi connectivity index (χ0v) is 14.0. The Labute approximate surface area is 133 Å². The summed E-state index contributed by atoms with van der Waals surface area (Å²) in [4.78, 5) is 25.8. The summed E-state index contributed by atoms with van der Waals surface area (Å²) in [6, 6.07) is 6.48. The van der Waals surface area contributed by atoms with Crippen LogP contribution in [-0.4, -0.2) is 38.0 Å². The van der Waals surface area contributed by atoms with Crippen molar-refractivity contribution in [1.82, 2.24) is 10.2 Å². The van der Waals surface area contributed by atoms with E-state index in [9.17, 15) is 14.2 Å². The summed E-state index contributed by atoms with van der Waals surface area (Å²) in [6.07, 6.45) is 0. The summed E-state index contributed by atoms with van der Waals surface area (Å²) in [5.74, 6) is -1.03. The normalized spacial score (nSPS) is 15.4. The van der Waals surface area contributed by atoms with Gasteiger partial charge in [0.25, 0.3) is 11.8 Å². The number of carbonyl (C=O) groups excluding carboxylic acids is 2. The van der Waals surface area contributed by atoms with Gasteiger partial charge in [-0.15, -0.1) is 0 Å². The molecule has 0 bridgehead atoms. The van der Waals surface area contributed by atoms with Crippen LogP contribution in [0.5, 0.6) is 0 Å². The van der Waals surface area contributed by atoms with E-state index >= 15 is 0 Å². The maximum absolute atomic E-state index is 12.4. The zero-order valence-electron chi connectivity index (χ0n) is 13.2. The van der Waals surface area contributed by atoms with Gasteiger partial charge in [0.15, 0.2) is 0 Å². The van der Waals surface area contributed by atoms with E-state index in [-0.39, 0.29) is 11.6 Å². The second kappa shape index (κ2) is 6.54. The highest BCUT2D eigenvalue weighted by atomic mass is 31.2. The predicted molar refractivity (Wildman–Crippen MR) is 81.4 cm³/mol. The number of phosphoric acid groups is 1. The van der Waals surface area contributed by atoms with Crippen LogP contribution in [0.4, 0.5) is 0 Å². The molecule has 8 nitrogen and oxygen atoms in total. The number of nitrogens with one attached hydrogen (secondary N) is 1. The van der Waals surface area contributed by atoms with E-state index in [1.165, 1.54) is 14.0 Å². The molecule has 124 valence electrons. The van der Waals surface area contributed by atoms with E-state index in [2.05, 4.69) is 5.32 Å². The van der Waals surface area contributed by atoms with Crippen LogP contribution in [0.3, 0.4) is 0 Å². The minimum atomic E-state index is -3.83. The molecule has 2 amide bonds. The first-order chi connectivity index (χ1) is 10.9. The summed E-state index contributed by atoms with van der Waals surface area (Å²) in [7, 11) is -0.0148. The number of benzene rings is 1. The molecule has 1 N–H and O–H groups in total. The third-order valence-electron chi connectivity index (χ3n) is 3.34. The molecular weight excluding hydrogens is 323 g/mol. The molecule has 0 spiro atoms. The molecule has 0 fully saturated rings. The van der Waals surface area contributed by atoms with Crippen molar-refractivity contribution in [3.8, 4) is 0 Å². The van der Waals surface area contributed by atoms with Crippen LogP contribution < -0.4 is 5.32 Å². The molecule has 0 aromatic heterocycles. The van der Waals surface area contributed by atoms with Gasteiger partial charge in [-0.2, -0.15) is 0 Å². The highest BCUT2D eigenvalue weighted by Crippen LogP contribution is 2.49. The van der Waals surface area contributed by atoms with Crippen molar-refractivity contribution in [3.05, 3.63) is 47.0 Å². The summed E-state index contributed by atoms with van der Waals surface area (Å²) in [6.45, 7) is 1.49. The van der Waals surface area contributed by atoms with Crippen molar-refractivity contribution in [2.45, 2.75) is 6.92 Å². The Hall–Kier alpha value is -2.15. The van der Waals surface area contributed by atoms with E-state index < -0.39 is 19.6 Å². The fourth-order valence-electron chi connectivity index (χ4n) is 2.15. The summed E-state index contributed by atoms with van der Waals surface area (Å²) >= 11 is 0. The number of rotatable bonds is 6. The number of fused-ring (bicyclic) bond motifs is 1. The minimum absolute atomic E-state index is 0.0634. The van der Waals surface area contributed by atoms with Gasteiger partial charge in [-0.3, -0.25) is 18.6 Å². The van der Waals surface area contributed by atoms with Crippen molar-refractivity contribution >= 4 is 19.6 Å². The van der Waals surface area contributed by atoms with Crippen molar-refractivity contribution in [2.75, 3.05) is 21.3 Å². The fourth-order valence-corrected chi connectivity index (χ4v) is 2.89. The van der Waals surface area contributed by atoms with Crippen molar-refractivity contribution in [2.24, 2.45) is 0 Å². The molecular formula is C14H17N2O6P. The van der Waals surface area contributed by atoms with Gasteiger partial charge >= 0.3 is 7.82 Å². The van der Waals surface area contributed by atoms with E-state index in [4.69, 9.17) is 13.6 Å². The number of carbonyl (C=O) groups is 2. The maximum Gasteiger partial charge on any atom is 0.530 e. The SMILES string of the molecule is CN/C(OP(=O)(OC)OC)=C(/C)N1C(=O)c2ccccc2C1=O. The molecule has 23 heavy (non-hydrogen) atoms. The molecule has 2 rings (SSSR count). The number of amides is 2. The lowest BCUT2D eigenvalue weighted by atomic mass is 10.1. The molecule has 0 saturated carbocycles. The van der Waals surface area contributed by atoms with Crippen LogP contribution in [-0.2, 0) is 18.1 Å². The van der Waals surface area contributed by atoms with Crippen molar-refractivity contribution < 1.29 is 27.7 Å². The van der Waals surface area contributed by atoms with E-state index in [1.54, 1.807) is 24.3 Å². The maximum atomic E-state index is 12.4. The fraction of sp³-hybridized carbons (Fsp3) is 0.286. The smallest absolute Gasteiger partial charge is 0.386 e. The molecule has 0 aliphatic carbocycles. The standard InChI is InChI=1S/C14H17N2O6P/c1-9(12(15-2)22-23(19,20-3)21-4)16-13(17)10-7-5-6-8-11(10)14(16)18/h5-8,15H,1-4H3/b12-9+. The monoisotopic (exact) mass is 340 g/mol. The quantitative estimate of drug-likeness (QED) is 0.481. The van der Waals surface area contributed by atoms with Crippen LogP contribution in [0, 0.1) is 0 Å². The number of nitrogens with zero attached hydrogens (tertiary/aromatic N) is 1. The molecule has 0 radical (unpaired) electrons. The zero-order chi connectivity index (χ0) is 17.2. The van der Waals surface area contributed by atoms with Crippen molar-refractivity contribution in [1.29, 1.82) is 0 Å². The van der Waals surface area contributed by atoms with Gasteiger partial charge < -0.3 is 9.84 Å².